The number of nitrogens with one attached hydrogen (secondary N) is 1. The molecule has 0 saturated heterocycles. The largest absolute Gasteiger partial charge is 0.454 e. The highest BCUT2D eigenvalue weighted by Crippen LogP contribution is 2.32. The minimum atomic E-state index is -0.188. The maximum Gasteiger partial charge on any atom is 0.244 e. The molecular weight excluding hydrogens is 316 g/mol. The van der Waals surface area contributed by atoms with Gasteiger partial charge in [-0.2, -0.15) is 5.10 Å². The quantitative estimate of drug-likeness (QED) is 0.692. The molecule has 0 bridgehead atoms. The summed E-state index contributed by atoms with van der Waals surface area (Å²) >= 11 is 5.82. The van der Waals surface area contributed by atoms with Crippen molar-refractivity contribution < 1.29 is 14.3 Å². The van der Waals surface area contributed by atoms with Gasteiger partial charge in [0.25, 0.3) is 0 Å². The van der Waals surface area contributed by atoms with Crippen molar-refractivity contribution in [3.63, 3.8) is 0 Å². The fourth-order valence-corrected chi connectivity index (χ4v) is 2.29. The molecule has 1 N–H and O–H groups in total. The fourth-order valence-electron chi connectivity index (χ4n) is 2.16. The van der Waals surface area contributed by atoms with E-state index in [1.807, 2.05) is 37.3 Å². The summed E-state index contributed by atoms with van der Waals surface area (Å²) in [5, 5.41) is 4.77. The Bertz CT molecular complexity index is 757. The van der Waals surface area contributed by atoms with Crippen LogP contribution in [-0.2, 0) is 11.2 Å². The van der Waals surface area contributed by atoms with Crippen LogP contribution >= 0.6 is 11.6 Å². The lowest BCUT2D eigenvalue weighted by Gasteiger charge is -2.04. The number of amides is 1. The van der Waals surface area contributed by atoms with Crippen molar-refractivity contribution in [3.05, 3.63) is 58.6 Å². The summed E-state index contributed by atoms with van der Waals surface area (Å²) in [6.45, 7) is 2.05. The Hall–Kier alpha value is -2.53. The summed E-state index contributed by atoms with van der Waals surface area (Å²) in [5.41, 5.74) is 4.98. The number of rotatable bonds is 4. The fraction of sp³-hybridized carbons (Fsp3) is 0.176. The van der Waals surface area contributed by atoms with Crippen LogP contribution in [0.4, 0.5) is 0 Å². The van der Waals surface area contributed by atoms with E-state index >= 15 is 0 Å². The Kier molecular flexibility index (Phi) is 4.48. The summed E-state index contributed by atoms with van der Waals surface area (Å²) in [4.78, 5) is 11.9. The number of ether oxygens (including phenoxy) is 2. The number of carbonyl (C=O) groups excluding carboxylic acids is 1. The van der Waals surface area contributed by atoms with E-state index in [0.29, 0.717) is 22.2 Å². The molecule has 1 aliphatic heterocycles. The zero-order valence-corrected chi connectivity index (χ0v) is 13.3. The highest BCUT2D eigenvalue weighted by Gasteiger charge is 2.14. The molecule has 1 amide bonds. The predicted octanol–water partition coefficient (Wildman–Crippen LogP) is 3.15. The molecule has 0 radical (unpaired) electrons. The molecule has 5 nitrogen and oxygen atoms in total. The average molecular weight is 331 g/mol. The monoisotopic (exact) mass is 330 g/mol. The molecular formula is C17H15ClN2O3. The van der Waals surface area contributed by atoms with Crippen LogP contribution in [-0.4, -0.2) is 18.4 Å². The van der Waals surface area contributed by atoms with E-state index in [1.165, 1.54) is 0 Å². The second-order valence-electron chi connectivity index (χ2n) is 5.10. The van der Waals surface area contributed by atoms with Gasteiger partial charge >= 0.3 is 0 Å². The van der Waals surface area contributed by atoms with E-state index in [4.69, 9.17) is 21.1 Å². The maximum atomic E-state index is 11.9. The first-order chi connectivity index (χ1) is 11.1. The Morgan fingerprint density at radius 2 is 1.91 bits per heavy atom. The maximum absolute atomic E-state index is 11.9. The number of halogens is 1. The first kappa shape index (κ1) is 15.4. The molecule has 0 spiro atoms. The normalized spacial score (nSPS) is 13.0. The zero-order chi connectivity index (χ0) is 16.2. The van der Waals surface area contributed by atoms with Crippen LogP contribution < -0.4 is 14.9 Å². The molecule has 6 heteroatoms. The Morgan fingerprint density at radius 3 is 2.70 bits per heavy atom. The number of hydrogen-bond donors (Lipinski definition) is 1. The summed E-state index contributed by atoms with van der Waals surface area (Å²) in [7, 11) is 0. The van der Waals surface area contributed by atoms with Gasteiger partial charge in [-0.1, -0.05) is 23.7 Å². The van der Waals surface area contributed by atoms with Gasteiger partial charge in [0.1, 0.15) is 0 Å². The van der Waals surface area contributed by atoms with E-state index in [0.717, 1.165) is 11.1 Å². The van der Waals surface area contributed by atoms with Crippen LogP contribution in [0.15, 0.2) is 47.6 Å². The van der Waals surface area contributed by atoms with Gasteiger partial charge in [-0.15, -0.1) is 0 Å². The van der Waals surface area contributed by atoms with Crippen molar-refractivity contribution in [2.75, 3.05) is 6.79 Å². The molecule has 0 atom stereocenters. The van der Waals surface area contributed by atoms with Gasteiger partial charge in [0.05, 0.1) is 12.1 Å². The second kappa shape index (κ2) is 6.71. The summed E-state index contributed by atoms with van der Waals surface area (Å²) in [6.07, 6.45) is 0.245. The Labute approximate surface area is 138 Å². The summed E-state index contributed by atoms with van der Waals surface area (Å²) in [5.74, 6) is 1.21. The number of hydrazone groups is 1. The smallest absolute Gasteiger partial charge is 0.244 e. The highest BCUT2D eigenvalue weighted by atomic mass is 35.5. The second-order valence-corrected chi connectivity index (χ2v) is 5.54. The lowest BCUT2D eigenvalue weighted by atomic mass is 10.1. The van der Waals surface area contributed by atoms with Crippen LogP contribution in [0.25, 0.3) is 0 Å². The van der Waals surface area contributed by atoms with Gasteiger partial charge < -0.3 is 9.47 Å². The topological polar surface area (TPSA) is 59.9 Å². The number of nitrogens with zero attached hydrogens (tertiary/aromatic N) is 1. The third-order valence-corrected chi connectivity index (χ3v) is 3.67. The van der Waals surface area contributed by atoms with Crippen molar-refractivity contribution in [1.82, 2.24) is 5.43 Å². The lowest BCUT2D eigenvalue weighted by Crippen LogP contribution is -2.21. The zero-order valence-electron chi connectivity index (χ0n) is 12.5. The number of benzene rings is 2. The molecule has 1 heterocycles. The molecule has 2 aromatic rings. The van der Waals surface area contributed by atoms with E-state index in [2.05, 4.69) is 10.5 Å². The van der Waals surface area contributed by atoms with Gasteiger partial charge in [-0.25, -0.2) is 5.43 Å². The SMILES string of the molecule is C/C(=N\NC(=O)Cc1ccc(Cl)cc1)c1ccc2c(c1)OCO2. The van der Waals surface area contributed by atoms with Gasteiger partial charge in [-0.3, -0.25) is 4.79 Å². The molecule has 0 fully saturated rings. The van der Waals surface area contributed by atoms with Crippen LogP contribution in [0, 0.1) is 0 Å². The standard InChI is InChI=1S/C17H15ClN2O3/c1-11(13-4-7-15-16(9-13)23-10-22-15)19-20-17(21)8-12-2-5-14(18)6-3-12/h2-7,9H,8,10H2,1H3,(H,20,21)/b19-11+. The van der Waals surface area contributed by atoms with Crippen LogP contribution in [0.1, 0.15) is 18.1 Å². The third-order valence-electron chi connectivity index (χ3n) is 3.42. The van der Waals surface area contributed by atoms with Gasteiger partial charge in [0, 0.05) is 10.6 Å². The van der Waals surface area contributed by atoms with E-state index in [1.54, 1.807) is 12.1 Å². The molecule has 3 rings (SSSR count). The molecule has 0 saturated carbocycles. The molecule has 2 aromatic carbocycles. The molecule has 23 heavy (non-hydrogen) atoms. The summed E-state index contributed by atoms with van der Waals surface area (Å²) in [6, 6.07) is 12.7. The predicted molar refractivity (Wildman–Crippen MR) is 88.1 cm³/mol. The minimum Gasteiger partial charge on any atom is -0.454 e. The van der Waals surface area contributed by atoms with E-state index in [9.17, 15) is 4.79 Å². The average Bonchev–Trinajstić information content (AvgIpc) is 3.02. The van der Waals surface area contributed by atoms with Crippen molar-refractivity contribution in [2.45, 2.75) is 13.3 Å². The molecule has 0 aromatic heterocycles. The Balaban J connectivity index is 1.62. The summed E-state index contributed by atoms with van der Waals surface area (Å²) < 4.78 is 10.6. The number of fused-ring (bicyclic) bond motifs is 1. The van der Waals surface area contributed by atoms with E-state index in [-0.39, 0.29) is 19.1 Å². The molecule has 0 aliphatic carbocycles. The molecule has 0 unspecified atom stereocenters. The van der Waals surface area contributed by atoms with Crippen molar-refractivity contribution in [3.8, 4) is 11.5 Å². The minimum absolute atomic E-state index is 0.188. The number of hydrogen-bond acceptors (Lipinski definition) is 4. The lowest BCUT2D eigenvalue weighted by molar-refractivity contribution is -0.120. The van der Waals surface area contributed by atoms with Gasteiger partial charge in [0.2, 0.25) is 12.7 Å². The molecule has 1 aliphatic rings. The highest BCUT2D eigenvalue weighted by molar-refractivity contribution is 6.30. The van der Waals surface area contributed by atoms with Crippen molar-refractivity contribution >= 4 is 23.2 Å². The van der Waals surface area contributed by atoms with Gasteiger partial charge in [0.15, 0.2) is 11.5 Å². The first-order valence-corrected chi connectivity index (χ1v) is 7.47. The van der Waals surface area contributed by atoms with Crippen LogP contribution in [0.2, 0.25) is 5.02 Å². The van der Waals surface area contributed by atoms with Crippen LogP contribution in [0.5, 0.6) is 11.5 Å². The number of carbonyl (C=O) groups is 1. The third kappa shape index (κ3) is 3.81. The van der Waals surface area contributed by atoms with Crippen molar-refractivity contribution in [2.24, 2.45) is 5.10 Å². The van der Waals surface area contributed by atoms with Crippen LogP contribution in [0.3, 0.4) is 0 Å². The van der Waals surface area contributed by atoms with Gasteiger partial charge in [-0.05, 0) is 42.8 Å². The first-order valence-electron chi connectivity index (χ1n) is 7.09. The van der Waals surface area contributed by atoms with E-state index < -0.39 is 0 Å². The molecule has 118 valence electrons. The van der Waals surface area contributed by atoms with Crippen molar-refractivity contribution in [1.29, 1.82) is 0 Å². The Morgan fingerprint density at radius 1 is 1.17 bits per heavy atom.